The largest absolute Gasteiger partial charge is 0.444 e. The van der Waals surface area contributed by atoms with Crippen LogP contribution in [0.1, 0.15) is 68.0 Å². The average molecular weight is 464 g/mol. The SMILES string of the molecule is Cc1cc(C#N)cc(C)c1Oc1nc(NC2CCN(C(=O)OC(C)(C)C)CC2)nc2c1CCC2. The Labute approximate surface area is 201 Å². The minimum absolute atomic E-state index is 0.171. The van der Waals surface area contributed by atoms with E-state index in [0.29, 0.717) is 30.5 Å². The Morgan fingerprint density at radius 1 is 1.15 bits per heavy atom. The van der Waals surface area contributed by atoms with Crippen LogP contribution in [0.5, 0.6) is 11.6 Å². The number of hydrogen-bond donors (Lipinski definition) is 1. The Morgan fingerprint density at radius 3 is 2.44 bits per heavy atom. The Kier molecular flexibility index (Phi) is 6.65. The van der Waals surface area contributed by atoms with Gasteiger partial charge in [-0.1, -0.05) is 0 Å². The first-order chi connectivity index (χ1) is 16.1. The van der Waals surface area contributed by atoms with Gasteiger partial charge in [0.15, 0.2) is 0 Å². The molecule has 34 heavy (non-hydrogen) atoms. The van der Waals surface area contributed by atoms with Crippen LogP contribution < -0.4 is 10.1 Å². The number of anilines is 1. The lowest BCUT2D eigenvalue weighted by Gasteiger charge is -2.33. The number of rotatable bonds is 4. The zero-order chi connectivity index (χ0) is 24.5. The van der Waals surface area contributed by atoms with E-state index < -0.39 is 5.60 Å². The molecule has 2 aliphatic rings. The highest BCUT2D eigenvalue weighted by Crippen LogP contribution is 2.35. The number of aromatic nitrogens is 2. The van der Waals surface area contributed by atoms with Gasteiger partial charge in [0.05, 0.1) is 17.3 Å². The average Bonchev–Trinajstić information content (AvgIpc) is 3.24. The van der Waals surface area contributed by atoms with Crippen LogP contribution in [-0.2, 0) is 17.6 Å². The summed E-state index contributed by atoms with van der Waals surface area (Å²) in [5.41, 5.74) is 4.04. The lowest BCUT2D eigenvalue weighted by atomic mass is 10.1. The summed E-state index contributed by atoms with van der Waals surface area (Å²) in [4.78, 5) is 23.6. The van der Waals surface area contributed by atoms with Crippen LogP contribution in [0.4, 0.5) is 10.7 Å². The van der Waals surface area contributed by atoms with Crippen LogP contribution >= 0.6 is 0 Å². The maximum absolute atomic E-state index is 12.3. The van der Waals surface area contributed by atoms with Gasteiger partial charge in [0.1, 0.15) is 11.4 Å². The fraction of sp³-hybridized carbons (Fsp3) is 0.538. The molecule has 1 aliphatic carbocycles. The summed E-state index contributed by atoms with van der Waals surface area (Å²) < 4.78 is 11.8. The molecule has 0 unspecified atom stereocenters. The highest BCUT2D eigenvalue weighted by molar-refractivity contribution is 5.68. The summed E-state index contributed by atoms with van der Waals surface area (Å²) in [6, 6.07) is 6.03. The van der Waals surface area contributed by atoms with Gasteiger partial charge in [0, 0.05) is 24.7 Å². The molecular formula is C26H33N5O3. The molecule has 1 N–H and O–H groups in total. The molecule has 1 aliphatic heterocycles. The van der Waals surface area contributed by atoms with Gasteiger partial charge >= 0.3 is 6.09 Å². The molecule has 1 amide bonds. The van der Waals surface area contributed by atoms with Crippen molar-refractivity contribution in [2.24, 2.45) is 0 Å². The van der Waals surface area contributed by atoms with Crippen molar-refractivity contribution in [2.75, 3.05) is 18.4 Å². The molecule has 4 rings (SSSR count). The molecule has 2 heterocycles. The quantitative estimate of drug-likeness (QED) is 0.676. The first-order valence-corrected chi connectivity index (χ1v) is 12.0. The molecule has 1 aromatic carbocycles. The number of nitrogens with zero attached hydrogens (tertiary/aromatic N) is 4. The van der Waals surface area contributed by atoms with Crippen molar-refractivity contribution < 1.29 is 14.3 Å². The van der Waals surface area contributed by atoms with E-state index in [2.05, 4.69) is 11.4 Å². The smallest absolute Gasteiger partial charge is 0.410 e. The molecule has 1 aromatic heterocycles. The molecule has 8 nitrogen and oxygen atoms in total. The van der Waals surface area contributed by atoms with Crippen LogP contribution in [0.2, 0.25) is 0 Å². The van der Waals surface area contributed by atoms with E-state index in [1.54, 1.807) is 4.90 Å². The first-order valence-electron chi connectivity index (χ1n) is 12.0. The van der Waals surface area contributed by atoms with Crippen LogP contribution in [0.15, 0.2) is 12.1 Å². The van der Waals surface area contributed by atoms with E-state index in [1.165, 1.54) is 0 Å². The molecule has 0 radical (unpaired) electrons. The van der Waals surface area contributed by atoms with E-state index in [-0.39, 0.29) is 12.1 Å². The number of ether oxygens (including phenoxy) is 2. The second-order valence-electron chi connectivity index (χ2n) is 10.2. The predicted molar refractivity (Wildman–Crippen MR) is 129 cm³/mol. The van der Waals surface area contributed by atoms with Crippen molar-refractivity contribution >= 4 is 12.0 Å². The minimum atomic E-state index is -0.494. The Morgan fingerprint density at radius 2 is 1.82 bits per heavy atom. The molecule has 0 atom stereocenters. The van der Waals surface area contributed by atoms with Crippen molar-refractivity contribution in [3.8, 4) is 17.7 Å². The lowest BCUT2D eigenvalue weighted by molar-refractivity contribution is 0.0210. The van der Waals surface area contributed by atoms with Gasteiger partial charge in [-0.15, -0.1) is 0 Å². The number of amides is 1. The van der Waals surface area contributed by atoms with E-state index in [4.69, 9.17) is 19.4 Å². The van der Waals surface area contributed by atoms with E-state index in [0.717, 1.165) is 60.2 Å². The number of fused-ring (bicyclic) bond motifs is 1. The number of aryl methyl sites for hydroxylation is 3. The Balaban J connectivity index is 1.48. The van der Waals surface area contributed by atoms with Crippen molar-refractivity contribution in [3.05, 3.63) is 40.1 Å². The van der Waals surface area contributed by atoms with Gasteiger partial charge in [-0.3, -0.25) is 0 Å². The third kappa shape index (κ3) is 5.41. The second-order valence-corrected chi connectivity index (χ2v) is 10.2. The lowest BCUT2D eigenvalue weighted by Crippen LogP contribution is -2.44. The number of carbonyl (C=O) groups is 1. The molecular weight excluding hydrogens is 430 g/mol. The molecule has 0 saturated carbocycles. The third-order valence-electron chi connectivity index (χ3n) is 6.16. The molecule has 8 heteroatoms. The van der Waals surface area contributed by atoms with Crippen molar-refractivity contribution in [1.82, 2.24) is 14.9 Å². The van der Waals surface area contributed by atoms with Crippen molar-refractivity contribution in [1.29, 1.82) is 5.26 Å². The number of nitrogens with one attached hydrogen (secondary N) is 1. The molecule has 1 fully saturated rings. The number of piperidine rings is 1. The summed E-state index contributed by atoms with van der Waals surface area (Å²) >= 11 is 0. The number of hydrogen-bond acceptors (Lipinski definition) is 7. The molecule has 1 saturated heterocycles. The number of likely N-dealkylation sites (tertiary alicyclic amines) is 1. The van der Waals surface area contributed by atoms with Gasteiger partial charge in [-0.25, -0.2) is 9.78 Å². The molecule has 0 spiro atoms. The van der Waals surface area contributed by atoms with Crippen LogP contribution in [0, 0.1) is 25.2 Å². The van der Waals surface area contributed by atoms with Gasteiger partial charge in [0.25, 0.3) is 0 Å². The van der Waals surface area contributed by atoms with Crippen LogP contribution in [-0.4, -0.2) is 45.7 Å². The highest BCUT2D eigenvalue weighted by atomic mass is 16.6. The fourth-order valence-corrected chi connectivity index (χ4v) is 4.53. The highest BCUT2D eigenvalue weighted by Gasteiger charge is 2.28. The Hall–Kier alpha value is -3.34. The zero-order valence-corrected chi connectivity index (χ0v) is 20.7. The third-order valence-corrected chi connectivity index (χ3v) is 6.16. The maximum atomic E-state index is 12.3. The maximum Gasteiger partial charge on any atom is 0.410 e. The Bertz CT molecular complexity index is 1100. The summed E-state index contributed by atoms with van der Waals surface area (Å²) in [6.45, 7) is 10.8. The summed E-state index contributed by atoms with van der Waals surface area (Å²) in [5, 5.41) is 12.7. The van der Waals surface area contributed by atoms with E-state index >= 15 is 0 Å². The number of benzene rings is 1. The fourth-order valence-electron chi connectivity index (χ4n) is 4.53. The number of nitriles is 1. The predicted octanol–water partition coefficient (Wildman–Crippen LogP) is 5.06. The van der Waals surface area contributed by atoms with Gasteiger partial charge in [0.2, 0.25) is 11.8 Å². The molecule has 0 bridgehead atoms. The zero-order valence-electron chi connectivity index (χ0n) is 20.7. The number of carbonyl (C=O) groups excluding carboxylic acids is 1. The standard InChI is InChI=1S/C26H33N5O3/c1-16-13-18(15-27)14-17(2)22(16)33-23-20-7-6-8-21(20)29-24(30-23)28-19-9-11-31(12-10-19)25(32)34-26(3,4)5/h13-14,19H,6-12H2,1-5H3,(H,28,29,30). The molecule has 2 aromatic rings. The van der Waals surface area contributed by atoms with Gasteiger partial charge in [-0.2, -0.15) is 10.2 Å². The topological polar surface area (TPSA) is 100 Å². The van der Waals surface area contributed by atoms with Crippen molar-refractivity contribution in [3.63, 3.8) is 0 Å². The van der Waals surface area contributed by atoms with Gasteiger partial charge in [-0.05, 0) is 90.0 Å². The minimum Gasteiger partial charge on any atom is -0.444 e. The summed E-state index contributed by atoms with van der Waals surface area (Å²) in [6.07, 6.45) is 4.17. The van der Waals surface area contributed by atoms with E-state index in [1.807, 2.05) is 46.8 Å². The normalized spacial score (nSPS) is 16.1. The second kappa shape index (κ2) is 9.49. The van der Waals surface area contributed by atoms with E-state index in [9.17, 15) is 10.1 Å². The summed E-state index contributed by atoms with van der Waals surface area (Å²) in [5.74, 6) is 1.89. The first kappa shape index (κ1) is 23.8. The van der Waals surface area contributed by atoms with Gasteiger partial charge < -0.3 is 19.7 Å². The van der Waals surface area contributed by atoms with Crippen LogP contribution in [0.3, 0.4) is 0 Å². The van der Waals surface area contributed by atoms with Crippen LogP contribution in [0.25, 0.3) is 0 Å². The summed E-state index contributed by atoms with van der Waals surface area (Å²) in [7, 11) is 0. The molecule has 180 valence electrons. The van der Waals surface area contributed by atoms with Crippen molar-refractivity contribution in [2.45, 2.75) is 78.4 Å². The monoisotopic (exact) mass is 463 g/mol.